The third-order valence-corrected chi connectivity index (χ3v) is 6.76. The fourth-order valence-electron chi connectivity index (χ4n) is 4.55. The summed E-state index contributed by atoms with van der Waals surface area (Å²) in [6.07, 6.45) is 26.1. The molecule has 0 N–H and O–H groups in total. The summed E-state index contributed by atoms with van der Waals surface area (Å²) in [5, 5.41) is 0. The van der Waals surface area contributed by atoms with Gasteiger partial charge in [-0.25, -0.2) is 0 Å². The molecule has 0 bridgehead atoms. The first-order valence-corrected chi connectivity index (χ1v) is 14.0. The van der Waals surface area contributed by atoms with Crippen LogP contribution in [-0.2, 0) is 6.54 Å². The normalized spacial score (nSPS) is 11.6. The van der Waals surface area contributed by atoms with Crippen LogP contribution in [0, 0.1) is 0 Å². The predicted molar refractivity (Wildman–Crippen MR) is 141 cm³/mol. The van der Waals surface area contributed by atoms with Gasteiger partial charge in [0.15, 0.2) is 0 Å². The van der Waals surface area contributed by atoms with Gasteiger partial charge < -0.3 is 0 Å². The Kier molecular flexibility index (Phi) is 19.2. The number of rotatable bonds is 22. The van der Waals surface area contributed by atoms with Gasteiger partial charge in [-0.3, -0.25) is 4.90 Å². The Labute approximate surface area is 196 Å². The van der Waals surface area contributed by atoms with E-state index in [1.54, 1.807) is 0 Å². The van der Waals surface area contributed by atoms with Gasteiger partial charge in [-0.15, -0.1) is 0 Å². The van der Waals surface area contributed by atoms with E-state index in [0.717, 1.165) is 6.54 Å². The van der Waals surface area contributed by atoms with E-state index in [-0.39, 0.29) is 0 Å². The molecule has 0 atom stereocenters. The summed E-state index contributed by atoms with van der Waals surface area (Å²) in [7, 11) is 0. The molecule has 1 aromatic rings. The van der Waals surface area contributed by atoms with E-state index >= 15 is 0 Å². The molecular formula is C30H55N. The van der Waals surface area contributed by atoms with Gasteiger partial charge in [-0.1, -0.05) is 146 Å². The van der Waals surface area contributed by atoms with E-state index in [1.165, 1.54) is 128 Å². The molecule has 0 aliphatic carbocycles. The predicted octanol–water partition coefficient (Wildman–Crippen LogP) is 9.94. The Bertz CT molecular complexity index is 467. The molecule has 0 radical (unpaired) electrons. The third-order valence-electron chi connectivity index (χ3n) is 6.76. The molecule has 1 rings (SSSR count). The van der Waals surface area contributed by atoms with Crippen molar-refractivity contribution in [1.29, 1.82) is 0 Å². The molecule has 180 valence electrons. The van der Waals surface area contributed by atoms with Crippen LogP contribution in [0.4, 0.5) is 0 Å². The highest BCUT2D eigenvalue weighted by atomic mass is 15.1. The van der Waals surface area contributed by atoms with E-state index in [2.05, 4.69) is 56.0 Å². The summed E-state index contributed by atoms with van der Waals surface area (Å²) in [4.78, 5) is 2.63. The van der Waals surface area contributed by atoms with Crippen molar-refractivity contribution < 1.29 is 0 Å². The molecule has 0 unspecified atom stereocenters. The van der Waals surface area contributed by atoms with Crippen LogP contribution in [0.3, 0.4) is 0 Å². The van der Waals surface area contributed by atoms with Crippen LogP contribution in [0.25, 0.3) is 0 Å². The zero-order valence-corrected chi connectivity index (χ0v) is 21.6. The Balaban J connectivity index is 1.83. The molecule has 0 aliphatic heterocycles. The van der Waals surface area contributed by atoms with Crippen molar-refractivity contribution in [1.82, 2.24) is 4.90 Å². The summed E-state index contributed by atoms with van der Waals surface area (Å²) in [5.41, 5.74) is 1.44. The smallest absolute Gasteiger partial charge is 0.0236 e. The highest BCUT2D eigenvalue weighted by Gasteiger charge is 2.09. The zero-order chi connectivity index (χ0) is 22.4. The second kappa shape index (κ2) is 21.0. The van der Waals surface area contributed by atoms with Crippen molar-refractivity contribution in [3.8, 4) is 0 Å². The molecule has 0 heterocycles. The minimum absolute atomic E-state index is 0.631. The molecule has 0 fully saturated rings. The standard InChI is InChI=1S/C30H55N/c1-4-5-6-7-8-9-10-11-12-13-14-15-16-17-18-19-20-24-27-31(29(2)3)28-30-25-22-21-23-26-30/h21-23,25-26,29H,4-20,24,27-28H2,1-3H3. The van der Waals surface area contributed by atoms with Crippen molar-refractivity contribution >= 4 is 0 Å². The lowest BCUT2D eigenvalue weighted by Gasteiger charge is -2.26. The summed E-state index contributed by atoms with van der Waals surface area (Å²) in [5.74, 6) is 0. The topological polar surface area (TPSA) is 3.24 Å². The maximum Gasteiger partial charge on any atom is 0.0236 e. The molecule has 0 aliphatic rings. The van der Waals surface area contributed by atoms with Crippen molar-refractivity contribution in [2.24, 2.45) is 0 Å². The average Bonchev–Trinajstić information content (AvgIpc) is 2.78. The van der Waals surface area contributed by atoms with E-state index < -0.39 is 0 Å². The monoisotopic (exact) mass is 429 g/mol. The second-order valence-corrected chi connectivity index (χ2v) is 10.1. The highest BCUT2D eigenvalue weighted by molar-refractivity contribution is 5.14. The first kappa shape index (κ1) is 28.2. The first-order valence-electron chi connectivity index (χ1n) is 14.0. The van der Waals surface area contributed by atoms with Crippen LogP contribution >= 0.6 is 0 Å². The first-order chi connectivity index (χ1) is 15.2. The molecule has 1 aromatic carbocycles. The van der Waals surface area contributed by atoms with Crippen LogP contribution in [-0.4, -0.2) is 17.5 Å². The molecule has 0 saturated heterocycles. The summed E-state index contributed by atoms with van der Waals surface area (Å²) in [6.45, 7) is 9.30. The van der Waals surface area contributed by atoms with E-state index in [0.29, 0.717) is 6.04 Å². The van der Waals surface area contributed by atoms with Crippen LogP contribution in [0.1, 0.15) is 142 Å². The fraction of sp³-hybridized carbons (Fsp3) is 0.800. The zero-order valence-electron chi connectivity index (χ0n) is 21.6. The van der Waals surface area contributed by atoms with Gasteiger partial charge in [-0.05, 0) is 32.4 Å². The quantitative estimate of drug-likeness (QED) is 0.166. The number of benzene rings is 1. The second-order valence-electron chi connectivity index (χ2n) is 10.1. The Hall–Kier alpha value is -0.820. The Morgan fingerprint density at radius 1 is 0.548 bits per heavy atom. The van der Waals surface area contributed by atoms with Crippen molar-refractivity contribution in [3.63, 3.8) is 0 Å². The minimum Gasteiger partial charge on any atom is -0.297 e. The lowest BCUT2D eigenvalue weighted by Crippen LogP contribution is -2.31. The van der Waals surface area contributed by atoms with Gasteiger partial charge in [0.2, 0.25) is 0 Å². The molecule has 0 aromatic heterocycles. The summed E-state index contributed by atoms with van der Waals surface area (Å²) in [6, 6.07) is 11.6. The van der Waals surface area contributed by atoms with Gasteiger partial charge in [0.25, 0.3) is 0 Å². The number of unbranched alkanes of at least 4 members (excludes halogenated alkanes) is 17. The molecular weight excluding hydrogens is 374 g/mol. The highest BCUT2D eigenvalue weighted by Crippen LogP contribution is 2.15. The SMILES string of the molecule is CCCCCCCCCCCCCCCCCCCCN(Cc1ccccc1)C(C)C. The van der Waals surface area contributed by atoms with Gasteiger partial charge in [0.1, 0.15) is 0 Å². The van der Waals surface area contributed by atoms with E-state index in [4.69, 9.17) is 0 Å². The Morgan fingerprint density at radius 2 is 0.935 bits per heavy atom. The van der Waals surface area contributed by atoms with Crippen LogP contribution in [0.15, 0.2) is 30.3 Å². The van der Waals surface area contributed by atoms with Crippen molar-refractivity contribution in [2.75, 3.05) is 6.54 Å². The van der Waals surface area contributed by atoms with Gasteiger partial charge in [-0.2, -0.15) is 0 Å². The van der Waals surface area contributed by atoms with Gasteiger partial charge in [0, 0.05) is 12.6 Å². The average molecular weight is 430 g/mol. The maximum absolute atomic E-state index is 2.63. The van der Waals surface area contributed by atoms with Crippen LogP contribution in [0.5, 0.6) is 0 Å². The van der Waals surface area contributed by atoms with Crippen LogP contribution < -0.4 is 0 Å². The van der Waals surface area contributed by atoms with Gasteiger partial charge in [0.05, 0.1) is 0 Å². The number of hydrogen-bond acceptors (Lipinski definition) is 1. The maximum atomic E-state index is 2.63. The molecule has 31 heavy (non-hydrogen) atoms. The van der Waals surface area contributed by atoms with E-state index in [9.17, 15) is 0 Å². The molecule has 0 spiro atoms. The minimum atomic E-state index is 0.631. The molecule has 1 nitrogen and oxygen atoms in total. The lowest BCUT2D eigenvalue weighted by atomic mass is 10.0. The van der Waals surface area contributed by atoms with Crippen molar-refractivity contribution in [2.45, 2.75) is 149 Å². The largest absolute Gasteiger partial charge is 0.297 e. The third kappa shape index (κ3) is 17.4. The molecule has 1 heteroatoms. The lowest BCUT2D eigenvalue weighted by molar-refractivity contribution is 0.208. The van der Waals surface area contributed by atoms with Crippen LogP contribution in [0.2, 0.25) is 0 Å². The number of hydrogen-bond donors (Lipinski definition) is 0. The molecule has 0 saturated carbocycles. The number of nitrogens with zero attached hydrogens (tertiary/aromatic N) is 1. The summed E-state index contributed by atoms with van der Waals surface area (Å²) < 4.78 is 0. The van der Waals surface area contributed by atoms with E-state index in [1.807, 2.05) is 0 Å². The Morgan fingerprint density at radius 3 is 1.32 bits per heavy atom. The van der Waals surface area contributed by atoms with Gasteiger partial charge >= 0.3 is 0 Å². The fourth-order valence-corrected chi connectivity index (χ4v) is 4.55. The summed E-state index contributed by atoms with van der Waals surface area (Å²) >= 11 is 0. The van der Waals surface area contributed by atoms with Crippen molar-refractivity contribution in [3.05, 3.63) is 35.9 Å². The molecule has 0 amide bonds.